The number of benzene rings is 1. The summed E-state index contributed by atoms with van der Waals surface area (Å²) in [7, 11) is 0. The minimum Gasteiger partial charge on any atom is -0.480 e. The number of aliphatic carboxylic acids is 1. The van der Waals surface area contributed by atoms with Gasteiger partial charge < -0.3 is 15.3 Å². The number of aryl methyl sites for hydroxylation is 2. The second kappa shape index (κ2) is 6.06. The number of anilines is 2. The summed E-state index contributed by atoms with van der Waals surface area (Å²) in [5.74, 6) is -0.718. The van der Waals surface area contributed by atoms with E-state index in [0.29, 0.717) is 6.42 Å². The van der Waals surface area contributed by atoms with Crippen LogP contribution >= 0.6 is 0 Å². The third kappa shape index (κ3) is 2.91. The van der Waals surface area contributed by atoms with Crippen LogP contribution in [0.25, 0.3) is 0 Å². The number of hydrogen-bond acceptors (Lipinski definition) is 3. The molecule has 23 heavy (non-hydrogen) atoms. The number of hydrogen-bond donors (Lipinski definition) is 2. The van der Waals surface area contributed by atoms with E-state index in [4.69, 9.17) is 0 Å². The number of carboxylic acid groups (broad SMARTS) is 1. The van der Waals surface area contributed by atoms with Gasteiger partial charge in [0.05, 0.1) is 16.9 Å². The van der Waals surface area contributed by atoms with Gasteiger partial charge in [-0.15, -0.1) is 0 Å². The first-order valence-corrected chi connectivity index (χ1v) is 8.85. The molecule has 1 aromatic carbocycles. The third-order valence-electron chi connectivity index (χ3n) is 5.65. The Morgan fingerprint density at radius 2 is 1.91 bits per heavy atom. The molecule has 1 atom stereocenters. The monoisotopic (exact) mass is 316 g/mol. The fraction of sp³-hybridized carbons (Fsp3) is 0.632. The maximum absolute atomic E-state index is 11.8. The van der Waals surface area contributed by atoms with Crippen LogP contribution in [0.3, 0.4) is 0 Å². The lowest BCUT2D eigenvalue weighted by atomic mass is 9.79. The fourth-order valence-electron chi connectivity index (χ4n) is 4.19. The van der Waals surface area contributed by atoms with Crippen molar-refractivity contribution in [2.45, 2.75) is 70.9 Å². The van der Waals surface area contributed by atoms with Crippen molar-refractivity contribution < 1.29 is 9.90 Å². The van der Waals surface area contributed by atoms with Crippen LogP contribution in [0, 0.1) is 13.8 Å². The summed E-state index contributed by atoms with van der Waals surface area (Å²) in [6.45, 7) is 6.99. The van der Waals surface area contributed by atoms with Crippen LogP contribution in [0.1, 0.15) is 56.6 Å². The lowest BCUT2D eigenvalue weighted by molar-refractivity contribution is -0.138. The van der Waals surface area contributed by atoms with E-state index in [1.807, 2.05) is 6.92 Å². The minimum absolute atomic E-state index is 0.0375. The van der Waals surface area contributed by atoms with Gasteiger partial charge in [-0.25, -0.2) is 4.79 Å². The van der Waals surface area contributed by atoms with E-state index < -0.39 is 12.0 Å². The van der Waals surface area contributed by atoms with Crippen molar-refractivity contribution in [3.63, 3.8) is 0 Å². The molecule has 3 rings (SSSR count). The molecule has 0 saturated heterocycles. The van der Waals surface area contributed by atoms with Crippen LogP contribution in [-0.4, -0.2) is 29.2 Å². The summed E-state index contributed by atoms with van der Waals surface area (Å²) in [5, 5.41) is 13.5. The number of nitrogens with zero attached hydrogens (tertiary/aromatic N) is 1. The lowest BCUT2D eigenvalue weighted by Crippen LogP contribution is -2.57. The zero-order valence-electron chi connectivity index (χ0n) is 14.5. The first-order chi connectivity index (χ1) is 11.0. The zero-order valence-corrected chi connectivity index (χ0v) is 14.5. The molecular weight excluding hydrogens is 288 g/mol. The van der Waals surface area contributed by atoms with E-state index in [-0.39, 0.29) is 5.54 Å². The lowest BCUT2D eigenvalue weighted by Gasteiger charge is -2.49. The minimum atomic E-state index is -0.718. The van der Waals surface area contributed by atoms with Crippen LogP contribution in [0.5, 0.6) is 0 Å². The summed E-state index contributed by atoms with van der Waals surface area (Å²) < 4.78 is 0. The van der Waals surface area contributed by atoms with Gasteiger partial charge in [-0.3, -0.25) is 0 Å². The number of nitrogens with one attached hydrogen (secondary N) is 1. The van der Waals surface area contributed by atoms with Gasteiger partial charge in [-0.05, 0) is 56.4 Å². The van der Waals surface area contributed by atoms with E-state index in [0.717, 1.165) is 30.8 Å². The Balaban J connectivity index is 2.06. The number of carbonyl (C=O) groups is 1. The highest BCUT2D eigenvalue weighted by molar-refractivity contribution is 5.84. The molecule has 0 bridgehead atoms. The summed E-state index contributed by atoms with van der Waals surface area (Å²) in [6, 6.07) is 3.90. The largest absolute Gasteiger partial charge is 0.480 e. The molecule has 1 spiro atoms. The van der Waals surface area contributed by atoms with E-state index in [9.17, 15) is 9.90 Å². The van der Waals surface area contributed by atoms with Gasteiger partial charge in [0.15, 0.2) is 0 Å². The molecule has 1 fully saturated rings. The predicted octanol–water partition coefficient (Wildman–Crippen LogP) is 4.10. The Hall–Kier alpha value is -1.71. The summed E-state index contributed by atoms with van der Waals surface area (Å²) >= 11 is 0. The van der Waals surface area contributed by atoms with Crippen LogP contribution in [0.15, 0.2) is 12.1 Å². The van der Waals surface area contributed by atoms with Crippen LogP contribution in [-0.2, 0) is 4.79 Å². The normalized spacial score (nSPS) is 20.7. The molecule has 0 aromatic heterocycles. The summed E-state index contributed by atoms with van der Waals surface area (Å²) in [4.78, 5) is 13.9. The molecule has 4 nitrogen and oxygen atoms in total. The number of fused-ring (bicyclic) bond motifs is 1. The SMILES string of the molecule is CCC(C(=O)O)N1CC2(CCCCC2)Nc2cc(C)c(C)cc21. The summed E-state index contributed by atoms with van der Waals surface area (Å²) in [5.41, 5.74) is 4.68. The Labute approximate surface area is 138 Å². The fourth-order valence-corrected chi connectivity index (χ4v) is 4.19. The van der Waals surface area contributed by atoms with Crippen molar-refractivity contribution >= 4 is 17.3 Å². The van der Waals surface area contributed by atoms with E-state index in [1.165, 1.54) is 30.4 Å². The van der Waals surface area contributed by atoms with E-state index >= 15 is 0 Å². The quantitative estimate of drug-likeness (QED) is 0.881. The smallest absolute Gasteiger partial charge is 0.326 e. The van der Waals surface area contributed by atoms with Crippen molar-refractivity contribution in [2.24, 2.45) is 0 Å². The molecular formula is C19H28N2O2. The maximum atomic E-state index is 11.8. The van der Waals surface area contributed by atoms with E-state index in [2.05, 4.69) is 36.2 Å². The topological polar surface area (TPSA) is 52.6 Å². The highest BCUT2D eigenvalue weighted by Crippen LogP contribution is 2.43. The van der Waals surface area contributed by atoms with Crippen LogP contribution in [0.4, 0.5) is 11.4 Å². The van der Waals surface area contributed by atoms with Crippen molar-refractivity contribution in [2.75, 3.05) is 16.8 Å². The van der Waals surface area contributed by atoms with Gasteiger partial charge >= 0.3 is 5.97 Å². The van der Waals surface area contributed by atoms with Gasteiger partial charge in [0, 0.05) is 6.54 Å². The van der Waals surface area contributed by atoms with Crippen molar-refractivity contribution in [1.82, 2.24) is 0 Å². The summed E-state index contributed by atoms with van der Waals surface area (Å²) in [6.07, 6.45) is 6.63. The second-order valence-electron chi connectivity index (χ2n) is 7.31. The Morgan fingerprint density at radius 3 is 2.52 bits per heavy atom. The second-order valence-corrected chi connectivity index (χ2v) is 7.31. The van der Waals surface area contributed by atoms with Crippen LogP contribution < -0.4 is 10.2 Å². The average molecular weight is 316 g/mol. The molecule has 4 heteroatoms. The van der Waals surface area contributed by atoms with Gasteiger partial charge in [-0.2, -0.15) is 0 Å². The average Bonchev–Trinajstić information content (AvgIpc) is 2.50. The van der Waals surface area contributed by atoms with Crippen molar-refractivity contribution in [3.8, 4) is 0 Å². The maximum Gasteiger partial charge on any atom is 0.326 e. The third-order valence-corrected chi connectivity index (χ3v) is 5.65. The van der Waals surface area contributed by atoms with Crippen LogP contribution in [0.2, 0.25) is 0 Å². The molecule has 0 radical (unpaired) electrons. The highest BCUT2D eigenvalue weighted by Gasteiger charge is 2.41. The van der Waals surface area contributed by atoms with Gasteiger partial charge in [0.2, 0.25) is 0 Å². The van der Waals surface area contributed by atoms with Gasteiger partial charge in [-0.1, -0.05) is 26.2 Å². The van der Waals surface area contributed by atoms with Crippen molar-refractivity contribution in [3.05, 3.63) is 23.3 Å². The molecule has 126 valence electrons. The number of rotatable bonds is 3. The Bertz CT molecular complexity index is 606. The van der Waals surface area contributed by atoms with E-state index in [1.54, 1.807) is 0 Å². The molecule has 1 heterocycles. The molecule has 1 saturated carbocycles. The number of carboxylic acids is 1. The molecule has 1 aliphatic carbocycles. The Morgan fingerprint density at radius 1 is 1.26 bits per heavy atom. The highest BCUT2D eigenvalue weighted by atomic mass is 16.4. The zero-order chi connectivity index (χ0) is 16.6. The van der Waals surface area contributed by atoms with Crippen molar-refractivity contribution in [1.29, 1.82) is 0 Å². The molecule has 1 unspecified atom stereocenters. The molecule has 2 N–H and O–H groups in total. The first kappa shape index (κ1) is 16.2. The van der Waals surface area contributed by atoms with Gasteiger partial charge in [0.1, 0.15) is 6.04 Å². The Kier molecular flexibility index (Phi) is 4.26. The van der Waals surface area contributed by atoms with Gasteiger partial charge in [0.25, 0.3) is 0 Å². The molecule has 1 aromatic rings. The predicted molar refractivity (Wildman–Crippen MR) is 94.4 cm³/mol. The molecule has 0 amide bonds. The first-order valence-electron chi connectivity index (χ1n) is 8.85. The molecule has 1 aliphatic heterocycles. The standard InChI is InChI=1S/C19H28N2O2/c1-4-16(18(22)23)21-12-19(8-6-5-7-9-19)20-15-10-13(2)14(3)11-17(15)21/h10-11,16,20H,4-9,12H2,1-3H3,(H,22,23). The molecule has 2 aliphatic rings.